The van der Waals surface area contributed by atoms with E-state index in [1.807, 2.05) is 0 Å². The number of carbonyl (C=O) groups is 2. The van der Waals surface area contributed by atoms with E-state index < -0.39 is 18.2 Å². The summed E-state index contributed by atoms with van der Waals surface area (Å²) in [4.78, 5) is 25.0. The number of fused-ring (bicyclic) bond motifs is 3. The first-order valence-corrected chi connectivity index (χ1v) is 9.18. The Hall–Kier alpha value is -0.860. The largest absolute Gasteiger partial charge is 0.481 e. The predicted octanol–water partition coefficient (Wildman–Crippen LogP) is 4.44. The Morgan fingerprint density at radius 1 is 1.17 bits per heavy atom. The first kappa shape index (κ1) is 12.5. The summed E-state index contributed by atoms with van der Waals surface area (Å²) in [7, 11) is 0. The van der Waals surface area contributed by atoms with E-state index in [9.17, 15) is 14.7 Å². The average molecular weight is 321 g/mol. The summed E-state index contributed by atoms with van der Waals surface area (Å²) in [5.41, 5.74) is -2.16. The lowest BCUT2D eigenvalue weighted by atomic mass is 9.40. The molecule has 0 aliphatic heterocycles. The minimum atomic E-state index is -2.50. The Labute approximate surface area is 143 Å². The molecule has 23 heavy (non-hydrogen) atoms. The normalized spacial score (nSPS) is 57.7. The number of ketones is 1. The molecule has 3 nitrogen and oxygen atoms in total. The van der Waals surface area contributed by atoms with Gasteiger partial charge in [-0.25, -0.2) is 0 Å². The van der Waals surface area contributed by atoms with Gasteiger partial charge in [-0.15, -0.1) is 0 Å². The van der Waals surface area contributed by atoms with Crippen molar-refractivity contribution in [1.82, 2.24) is 0 Å². The fraction of sp³-hybridized carbons (Fsp3) is 0.900. The Morgan fingerprint density at radius 2 is 1.91 bits per heavy atom. The first-order chi connectivity index (χ1) is 11.9. The van der Waals surface area contributed by atoms with Gasteiger partial charge in [0, 0.05) is 15.9 Å². The van der Waals surface area contributed by atoms with Gasteiger partial charge in [0.15, 0.2) is 0 Å². The third kappa shape index (κ3) is 1.77. The molecule has 0 radical (unpaired) electrons. The molecular weight excluding hydrogens is 288 g/mol. The van der Waals surface area contributed by atoms with Gasteiger partial charge in [-0.3, -0.25) is 9.59 Å². The summed E-state index contributed by atoms with van der Waals surface area (Å²) in [6.07, 6.45) is 6.56. The third-order valence-electron chi connectivity index (χ3n) is 8.44. The SMILES string of the molecule is [2H]C([2H])([2H])[C@]1(C(=O)O)CCC[C@@]2(C)[C@@H]3CC[C@@]4(C)C[C@]3(CC[C@@H]21)CC4=O. The highest BCUT2D eigenvalue weighted by Gasteiger charge is 2.68. The van der Waals surface area contributed by atoms with E-state index in [2.05, 4.69) is 13.8 Å². The number of carboxylic acid groups (broad SMARTS) is 1. The number of carbonyl (C=O) groups excluding carboxylic acids is 1. The Morgan fingerprint density at radius 3 is 2.61 bits per heavy atom. The van der Waals surface area contributed by atoms with Crippen LogP contribution in [0.25, 0.3) is 0 Å². The van der Waals surface area contributed by atoms with E-state index in [0.29, 0.717) is 25.0 Å². The molecule has 0 aromatic rings. The average Bonchev–Trinajstić information content (AvgIpc) is 2.69. The zero-order valence-corrected chi connectivity index (χ0v) is 14.3. The topological polar surface area (TPSA) is 54.4 Å². The summed E-state index contributed by atoms with van der Waals surface area (Å²) in [6, 6.07) is 0. The van der Waals surface area contributed by atoms with Gasteiger partial charge in [0.25, 0.3) is 0 Å². The molecular formula is C20H30O3. The molecule has 4 aliphatic rings. The van der Waals surface area contributed by atoms with Crippen molar-refractivity contribution in [2.24, 2.45) is 33.5 Å². The number of Topliss-reactive ketones (excluding diaryl/α,β-unsaturated/α-hetero) is 1. The van der Waals surface area contributed by atoms with E-state index in [0.717, 1.165) is 32.1 Å². The van der Waals surface area contributed by atoms with Crippen LogP contribution < -0.4 is 0 Å². The predicted molar refractivity (Wildman–Crippen MR) is 87.9 cm³/mol. The molecule has 4 saturated carbocycles. The monoisotopic (exact) mass is 321 g/mol. The van der Waals surface area contributed by atoms with Crippen LogP contribution in [0, 0.1) is 33.5 Å². The zero-order chi connectivity index (χ0) is 19.2. The van der Waals surface area contributed by atoms with Crippen molar-refractivity contribution >= 4 is 11.8 Å². The maximum atomic E-state index is 12.7. The Balaban J connectivity index is 1.80. The summed E-state index contributed by atoms with van der Waals surface area (Å²) in [6.45, 7) is 1.75. The molecule has 128 valence electrons. The van der Waals surface area contributed by atoms with Crippen LogP contribution in [0.5, 0.6) is 0 Å². The molecule has 1 N–H and O–H groups in total. The van der Waals surface area contributed by atoms with Gasteiger partial charge < -0.3 is 5.11 Å². The van der Waals surface area contributed by atoms with Gasteiger partial charge in [-0.2, -0.15) is 0 Å². The summed E-state index contributed by atoms with van der Waals surface area (Å²) in [5, 5.41) is 10.1. The second-order valence-electron chi connectivity index (χ2n) is 9.52. The van der Waals surface area contributed by atoms with Crippen molar-refractivity contribution in [3.8, 4) is 0 Å². The molecule has 4 fully saturated rings. The van der Waals surface area contributed by atoms with Crippen LogP contribution in [-0.4, -0.2) is 16.9 Å². The van der Waals surface area contributed by atoms with Gasteiger partial charge in [0.05, 0.1) is 5.41 Å². The van der Waals surface area contributed by atoms with Gasteiger partial charge >= 0.3 is 5.97 Å². The standard InChI is InChI=1S/C20H30O3/c1-17-9-5-14-18(2)7-4-8-19(3,16(22)23)13(18)6-10-20(14,12-17)11-15(17)21/h13-14H,4-12H2,1-3H3,(H,22,23)/t13-,14-,17-,18+,19-,20-/m0/s1/i3D3. The molecule has 4 rings (SSSR count). The Bertz CT molecular complexity index is 674. The third-order valence-corrected chi connectivity index (χ3v) is 8.44. The molecule has 0 unspecified atom stereocenters. The highest BCUT2D eigenvalue weighted by atomic mass is 16.4. The lowest BCUT2D eigenvalue weighted by Gasteiger charge is -2.63. The number of rotatable bonds is 1. The van der Waals surface area contributed by atoms with Crippen molar-refractivity contribution in [3.63, 3.8) is 0 Å². The molecule has 4 aliphatic carbocycles. The molecule has 0 amide bonds. The minimum Gasteiger partial charge on any atom is -0.481 e. The quantitative estimate of drug-likeness (QED) is 0.776. The maximum absolute atomic E-state index is 12.7. The van der Waals surface area contributed by atoms with Crippen molar-refractivity contribution in [2.45, 2.75) is 78.5 Å². The van der Waals surface area contributed by atoms with Gasteiger partial charge in [-0.05, 0) is 74.5 Å². The smallest absolute Gasteiger partial charge is 0.309 e. The van der Waals surface area contributed by atoms with E-state index in [4.69, 9.17) is 4.11 Å². The van der Waals surface area contributed by atoms with Crippen LogP contribution in [0.2, 0.25) is 0 Å². The summed E-state index contributed by atoms with van der Waals surface area (Å²) < 4.78 is 24.3. The highest BCUT2D eigenvalue weighted by Crippen LogP contribution is 2.72. The van der Waals surface area contributed by atoms with Crippen molar-refractivity contribution in [3.05, 3.63) is 0 Å². The summed E-state index contributed by atoms with van der Waals surface area (Å²) >= 11 is 0. The van der Waals surface area contributed by atoms with Crippen LogP contribution >= 0.6 is 0 Å². The first-order valence-electron chi connectivity index (χ1n) is 10.7. The fourth-order valence-corrected chi connectivity index (χ4v) is 7.44. The van der Waals surface area contributed by atoms with Crippen molar-refractivity contribution in [2.75, 3.05) is 0 Å². The second kappa shape index (κ2) is 4.40. The highest BCUT2D eigenvalue weighted by molar-refractivity contribution is 5.88. The minimum absolute atomic E-state index is 0.0222. The number of hydrogen-bond acceptors (Lipinski definition) is 2. The van der Waals surface area contributed by atoms with E-state index in [1.54, 1.807) is 0 Å². The van der Waals surface area contributed by atoms with Crippen LogP contribution in [0.4, 0.5) is 0 Å². The number of hydrogen-bond donors (Lipinski definition) is 1. The molecule has 6 atom stereocenters. The van der Waals surface area contributed by atoms with Crippen LogP contribution in [-0.2, 0) is 9.59 Å². The van der Waals surface area contributed by atoms with Crippen LogP contribution in [0.1, 0.15) is 82.6 Å². The fourth-order valence-electron chi connectivity index (χ4n) is 7.44. The number of carboxylic acids is 1. The zero-order valence-electron chi connectivity index (χ0n) is 17.3. The molecule has 0 aromatic carbocycles. The van der Waals surface area contributed by atoms with Crippen molar-refractivity contribution in [1.29, 1.82) is 0 Å². The molecule has 0 heterocycles. The van der Waals surface area contributed by atoms with Crippen LogP contribution in [0.15, 0.2) is 0 Å². The van der Waals surface area contributed by atoms with E-state index >= 15 is 0 Å². The van der Waals surface area contributed by atoms with Gasteiger partial charge in [0.2, 0.25) is 0 Å². The van der Waals surface area contributed by atoms with Crippen molar-refractivity contribution < 1.29 is 18.8 Å². The molecule has 0 aromatic heterocycles. The van der Waals surface area contributed by atoms with E-state index in [1.165, 1.54) is 0 Å². The maximum Gasteiger partial charge on any atom is 0.309 e. The summed E-state index contributed by atoms with van der Waals surface area (Å²) in [5.74, 6) is -0.829. The van der Waals surface area contributed by atoms with Gasteiger partial charge in [-0.1, -0.05) is 20.3 Å². The lowest BCUT2D eigenvalue weighted by molar-refractivity contribution is -0.182. The molecule has 0 saturated heterocycles. The number of aliphatic carboxylic acids is 1. The van der Waals surface area contributed by atoms with Crippen LogP contribution in [0.3, 0.4) is 0 Å². The second-order valence-corrected chi connectivity index (χ2v) is 9.52. The molecule has 2 bridgehead atoms. The molecule has 3 heteroatoms. The van der Waals surface area contributed by atoms with E-state index in [-0.39, 0.29) is 34.5 Å². The lowest BCUT2D eigenvalue weighted by Crippen LogP contribution is -2.58. The van der Waals surface area contributed by atoms with Gasteiger partial charge in [0.1, 0.15) is 5.78 Å². The molecule has 1 spiro atoms. The Kier molecular flexibility index (Phi) is 2.39.